The van der Waals surface area contributed by atoms with Crippen molar-refractivity contribution in [1.82, 2.24) is 5.32 Å². The average Bonchev–Trinajstić information content (AvgIpc) is 2.23. The zero-order valence-corrected chi connectivity index (χ0v) is 9.83. The van der Waals surface area contributed by atoms with Crippen LogP contribution in [0.2, 0.25) is 0 Å². The molecule has 1 aromatic carbocycles. The molecule has 1 rings (SSSR count). The van der Waals surface area contributed by atoms with Gasteiger partial charge in [0.15, 0.2) is 0 Å². The molecule has 1 aromatic rings. The molecule has 0 unspecified atom stereocenters. The van der Waals surface area contributed by atoms with Crippen molar-refractivity contribution in [2.45, 2.75) is 32.4 Å². The number of hydrogen-bond donors (Lipinski definition) is 2. The van der Waals surface area contributed by atoms with Crippen molar-refractivity contribution in [2.75, 3.05) is 6.54 Å². The first-order chi connectivity index (χ1) is 7.51. The molecule has 0 saturated heterocycles. The maximum absolute atomic E-state index is 9.51. The topological polar surface area (TPSA) is 56.0 Å². The number of nitrogens with one attached hydrogen (secondary N) is 1. The smallest absolute Gasteiger partial charge is 0.0991 e. The molecule has 0 spiro atoms. The molecule has 0 amide bonds. The van der Waals surface area contributed by atoms with Crippen molar-refractivity contribution in [1.29, 1.82) is 5.26 Å². The van der Waals surface area contributed by atoms with E-state index in [9.17, 15) is 5.11 Å². The van der Waals surface area contributed by atoms with Crippen LogP contribution in [0, 0.1) is 11.3 Å². The fraction of sp³-hybridized carbons (Fsp3) is 0.462. The van der Waals surface area contributed by atoms with Gasteiger partial charge in [0.2, 0.25) is 0 Å². The van der Waals surface area contributed by atoms with Gasteiger partial charge in [-0.3, -0.25) is 0 Å². The van der Waals surface area contributed by atoms with Crippen molar-refractivity contribution < 1.29 is 5.11 Å². The summed E-state index contributed by atoms with van der Waals surface area (Å²) >= 11 is 0. The number of nitrogens with zero attached hydrogens (tertiary/aromatic N) is 1. The number of rotatable bonds is 5. The highest BCUT2D eigenvalue weighted by Gasteiger charge is 2.10. The fourth-order valence-electron chi connectivity index (χ4n) is 1.38. The molecule has 0 aliphatic heterocycles. The van der Waals surface area contributed by atoms with E-state index < -0.39 is 5.60 Å². The molecule has 0 atom stereocenters. The highest BCUT2D eigenvalue weighted by molar-refractivity contribution is 5.32. The van der Waals surface area contributed by atoms with Gasteiger partial charge in [-0.1, -0.05) is 12.1 Å². The Morgan fingerprint density at radius 3 is 2.81 bits per heavy atom. The molecule has 0 bridgehead atoms. The van der Waals surface area contributed by atoms with Gasteiger partial charge >= 0.3 is 0 Å². The lowest BCUT2D eigenvalue weighted by Crippen LogP contribution is -2.26. The molecule has 16 heavy (non-hydrogen) atoms. The van der Waals surface area contributed by atoms with E-state index in [1.54, 1.807) is 19.9 Å². The van der Waals surface area contributed by atoms with E-state index >= 15 is 0 Å². The fourth-order valence-corrected chi connectivity index (χ4v) is 1.38. The Balaban J connectivity index is 2.35. The maximum Gasteiger partial charge on any atom is 0.0991 e. The lowest BCUT2D eigenvalue weighted by atomic mass is 10.1. The van der Waals surface area contributed by atoms with Crippen LogP contribution in [0.5, 0.6) is 0 Å². The molecule has 0 fully saturated rings. The predicted octanol–water partition coefficient (Wildman–Crippen LogP) is 1.81. The summed E-state index contributed by atoms with van der Waals surface area (Å²) in [5, 5.41) is 21.5. The maximum atomic E-state index is 9.51. The van der Waals surface area contributed by atoms with E-state index in [0.717, 1.165) is 18.7 Å². The zero-order valence-electron chi connectivity index (χ0n) is 9.83. The van der Waals surface area contributed by atoms with Crippen LogP contribution in [0.15, 0.2) is 24.3 Å². The molecule has 0 heterocycles. The highest BCUT2D eigenvalue weighted by Crippen LogP contribution is 2.06. The van der Waals surface area contributed by atoms with Gasteiger partial charge in [0, 0.05) is 6.54 Å². The first kappa shape index (κ1) is 12.7. The van der Waals surface area contributed by atoms with Crippen molar-refractivity contribution >= 4 is 0 Å². The third-order valence-corrected chi connectivity index (χ3v) is 2.30. The summed E-state index contributed by atoms with van der Waals surface area (Å²) in [6.07, 6.45) is 0.713. The normalized spacial score (nSPS) is 11.1. The van der Waals surface area contributed by atoms with Crippen LogP contribution in [0.3, 0.4) is 0 Å². The highest BCUT2D eigenvalue weighted by atomic mass is 16.3. The Morgan fingerprint density at radius 1 is 1.44 bits per heavy atom. The van der Waals surface area contributed by atoms with Gasteiger partial charge in [0.1, 0.15) is 0 Å². The van der Waals surface area contributed by atoms with Crippen LogP contribution < -0.4 is 5.32 Å². The van der Waals surface area contributed by atoms with Crippen LogP contribution in [0.1, 0.15) is 31.4 Å². The number of hydrogen-bond acceptors (Lipinski definition) is 3. The standard InChI is InChI=1S/C13H18N2O/c1-13(2,16)6-7-15-10-12-5-3-4-11(8-12)9-14/h3-5,8,15-16H,6-7,10H2,1-2H3. The van der Waals surface area contributed by atoms with E-state index in [1.807, 2.05) is 18.2 Å². The van der Waals surface area contributed by atoms with Gasteiger partial charge in [0.05, 0.1) is 17.2 Å². The molecule has 0 radical (unpaired) electrons. The molecule has 0 aliphatic carbocycles. The third kappa shape index (κ3) is 4.92. The number of nitriles is 1. The molecule has 3 nitrogen and oxygen atoms in total. The van der Waals surface area contributed by atoms with Gasteiger partial charge in [-0.25, -0.2) is 0 Å². The Kier molecular flexibility index (Phi) is 4.48. The average molecular weight is 218 g/mol. The molecular weight excluding hydrogens is 200 g/mol. The van der Waals surface area contributed by atoms with Gasteiger partial charge in [-0.2, -0.15) is 5.26 Å². The van der Waals surface area contributed by atoms with Gasteiger partial charge in [-0.05, 0) is 44.5 Å². The van der Waals surface area contributed by atoms with E-state index in [4.69, 9.17) is 5.26 Å². The molecule has 2 N–H and O–H groups in total. The largest absolute Gasteiger partial charge is 0.390 e. The second kappa shape index (κ2) is 5.64. The second-order valence-corrected chi connectivity index (χ2v) is 4.55. The van der Waals surface area contributed by atoms with E-state index in [2.05, 4.69) is 11.4 Å². The summed E-state index contributed by atoms with van der Waals surface area (Å²) in [6.45, 7) is 5.09. The Morgan fingerprint density at radius 2 is 2.19 bits per heavy atom. The summed E-state index contributed by atoms with van der Waals surface area (Å²) in [5.41, 5.74) is 1.15. The Bertz CT molecular complexity index is 374. The molecular formula is C13H18N2O. The van der Waals surface area contributed by atoms with E-state index in [-0.39, 0.29) is 0 Å². The molecule has 0 saturated carbocycles. The van der Waals surface area contributed by atoms with Crippen LogP contribution >= 0.6 is 0 Å². The Labute approximate surface area is 96.7 Å². The number of aliphatic hydroxyl groups is 1. The third-order valence-electron chi connectivity index (χ3n) is 2.30. The SMILES string of the molecule is CC(C)(O)CCNCc1cccc(C#N)c1. The van der Waals surface area contributed by atoms with Crippen LogP contribution in [0.4, 0.5) is 0 Å². The first-order valence-electron chi connectivity index (χ1n) is 5.43. The second-order valence-electron chi connectivity index (χ2n) is 4.55. The summed E-state index contributed by atoms with van der Waals surface area (Å²) in [4.78, 5) is 0. The summed E-state index contributed by atoms with van der Waals surface area (Å²) in [6, 6.07) is 9.64. The summed E-state index contributed by atoms with van der Waals surface area (Å²) in [5.74, 6) is 0. The minimum absolute atomic E-state index is 0.624. The van der Waals surface area contributed by atoms with E-state index in [0.29, 0.717) is 12.0 Å². The van der Waals surface area contributed by atoms with Crippen molar-refractivity contribution in [3.63, 3.8) is 0 Å². The predicted molar refractivity (Wildman–Crippen MR) is 63.8 cm³/mol. The molecule has 86 valence electrons. The van der Waals surface area contributed by atoms with Crippen molar-refractivity contribution in [3.05, 3.63) is 35.4 Å². The van der Waals surface area contributed by atoms with Crippen molar-refractivity contribution in [2.24, 2.45) is 0 Å². The van der Waals surface area contributed by atoms with E-state index in [1.165, 1.54) is 0 Å². The van der Waals surface area contributed by atoms with Crippen molar-refractivity contribution in [3.8, 4) is 6.07 Å². The van der Waals surface area contributed by atoms with Gasteiger partial charge < -0.3 is 10.4 Å². The van der Waals surface area contributed by atoms with Gasteiger partial charge in [-0.15, -0.1) is 0 Å². The summed E-state index contributed by atoms with van der Waals surface area (Å²) in [7, 11) is 0. The summed E-state index contributed by atoms with van der Waals surface area (Å²) < 4.78 is 0. The van der Waals surface area contributed by atoms with Crippen LogP contribution in [-0.2, 0) is 6.54 Å². The monoisotopic (exact) mass is 218 g/mol. The first-order valence-corrected chi connectivity index (χ1v) is 5.43. The van der Waals surface area contributed by atoms with Crippen LogP contribution in [0.25, 0.3) is 0 Å². The lowest BCUT2D eigenvalue weighted by molar-refractivity contribution is 0.0711. The zero-order chi connectivity index (χ0) is 12.0. The minimum Gasteiger partial charge on any atom is -0.390 e. The quantitative estimate of drug-likeness (QED) is 0.741. The molecule has 0 aromatic heterocycles. The van der Waals surface area contributed by atoms with Crippen LogP contribution in [-0.4, -0.2) is 17.3 Å². The minimum atomic E-state index is -0.624. The lowest BCUT2D eigenvalue weighted by Gasteiger charge is -2.16. The molecule has 3 heteroatoms. The van der Waals surface area contributed by atoms with Gasteiger partial charge in [0.25, 0.3) is 0 Å². The Hall–Kier alpha value is -1.37. The number of benzene rings is 1. The molecule has 0 aliphatic rings.